The number of hydrogen-bond donors (Lipinski definition) is 1. The Balaban J connectivity index is 1.58. The van der Waals surface area contributed by atoms with Crippen molar-refractivity contribution in [2.45, 2.75) is 39.2 Å². The summed E-state index contributed by atoms with van der Waals surface area (Å²) < 4.78 is 10.5. The van der Waals surface area contributed by atoms with Gasteiger partial charge in [-0.2, -0.15) is 4.98 Å². The summed E-state index contributed by atoms with van der Waals surface area (Å²) in [7, 11) is 0. The third-order valence-corrected chi connectivity index (χ3v) is 4.79. The van der Waals surface area contributed by atoms with Crippen molar-refractivity contribution in [3.63, 3.8) is 0 Å². The zero-order valence-corrected chi connectivity index (χ0v) is 15.2. The Morgan fingerprint density at radius 1 is 1.26 bits per heavy atom. The monoisotopic (exact) mass is 368 g/mol. The summed E-state index contributed by atoms with van der Waals surface area (Å²) >= 11 is 0. The Kier molecular flexibility index (Phi) is 4.39. The number of hydrogen-bond acceptors (Lipinski definition) is 6. The van der Waals surface area contributed by atoms with Crippen LogP contribution in [0.1, 0.15) is 42.6 Å². The maximum atomic E-state index is 12.9. The first kappa shape index (κ1) is 17.3. The van der Waals surface area contributed by atoms with Crippen molar-refractivity contribution >= 4 is 22.7 Å². The van der Waals surface area contributed by atoms with Crippen LogP contribution in [0.2, 0.25) is 0 Å². The Hall–Kier alpha value is -3.16. The molecule has 1 atom stereocenters. The fourth-order valence-electron chi connectivity index (χ4n) is 3.48. The van der Waals surface area contributed by atoms with Gasteiger partial charge in [-0.25, -0.2) is 9.59 Å². The van der Waals surface area contributed by atoms with Gasteiger partial charge in [0.2, 0.25) is 5.89 Å². The van der Waals surface area contributed by atoms with Gasteiger partial charge in [0.1, 0.15) is 11.6 Å². The van der Waals surface area contributed by atoms with Crippen molar-refractivity contribution in [1.82, 2.24) is 15.0 Å². The molecule has 1 N–H and O–H groups in total. The van der Waals surface area contributed by atoms with Crippen molar-refractivity contribution in [2.75, 3.05) is 11.9 Å². The zero-order valence-electron chi connectivity index (χ0n) is 15.2. The fourth-order valence-corrected chi connectivity index (χ4v) is 3.48. The Morgan fingerprint density at radius 2 is 2.11 bits per heavy atom. The predicted octanol–water partition coefficient (Wildman–Crippen LogP) is 3.55. The number of piperidine rings is 1. The molecule has 1 fully saturated rings. The summed E-state index contributed by atoms with van der Waals surface area (Å²) in [5.74, 6) is 1.01. The lowest BCUT2D eigenvalue weighted by Crippen LogP contribution is -2.41. The van der Waals surface area contributed by atoms with Crippen LogP contribution in [0.4, 0.5) is 10.5 Å². The number of likely N-dealkylation sites (tertiary alicyclic amines) is 1. The molecule has 4 rings (SSSR count). The number of carbonyl (C=O) groups excluding carboxylic acids is 1. The first-order chi connectivity index (χ1) is 13.0. The highest BCUT2D eigenvalue weighted by molar-refractivity contribution is 5.92. The van der Waals surface area contributed by atoms with Gasteiger partial charge in [0, 0.05) is 29.8 Å². The Labute approximate surface area is 155 Å². The molecule has 2 aromatic heterocycles. The SMILES string of the molecule is Cc1noc(C2CCCCN2C(=O)Nc2ccc3c(C)cc(=O)oc3c2)n1. The second kappa shape index (κ2) is 6.86. The van der Waals surface area contributed by atoms with E-state index in [2.05, 4.69) is 15.5 Å². The molecule has 140 valence electrons. The van der Waals surface area contributed by atoms with E-state index in [4.69, 9.17) is 8.94 Å². The van der Waals surface area contributed by atoms with Gasteiger partial charge in [-0.15, -0.1) is 0 Å². The van der Waals surface area contributed by atoms with Crippen molar-refractivity contribution < 1.29 is 13.7 Å². The molecule has 1 aromatic carbocycles. The molecule has 0 spiro atoms. The molecule has 8 nitrogen and oxygen atoms in total. The van der Waals surface area contributed by atoms with E-state index in [1.807, 2.05) is 13.0 Å². The van der Waals surface area contributed by atoms with E-state index in [9.17, 15) is 9.59 Å². The Morgan fingerprint density at radius 3 is 2.89 bits per heavy atom. The highest BCUT2D eigenvalue weighted by Crippen LogP contribution is 2.30. The average Bonchev–Trinajstić information content (AvgIpc) is 3.07. The number of carbonyl (C=O) groups is 1. The highest BCUT2D eigenvalue weighted by Gasteiger charge is 2.32. The topological polar surface area (TPSA) is 101 Å². The number of nitrogens with one attached hydrogen (secondary N) is 1. The summed E-state index contributed by atoms with van der Waals surface area (Å²) in [5, 5.41) is 7.56. The predicted molar refractivity (Wildman–Crippen MR) is 98.6 cm³/mol. The summed E-state index contributed by atoms with van der Waals surface area (Å²) in [6.45, 7) is 4.22. The smallest absolute Gasteiger partial charge is 0.336 e. The van der Waals surface area contributed by atoms with Crippen LogP contribution in [0, 0.1) is 13.8 Å². The molecular formula is C19H20N4O4. The molecule has 0 radical (unpaired) electrons. The van der Waals surface area contributed by atoms with Crippen LogP contribution in [0.25, 0.3) is 11.0 Å². The lowest BCUT2D eigenvalue weighted by Gasteiger charge is -2.33. The third-order valence-electron chi connectivity index (χ3n) is 4.79. The molecule has 0 aliphatic carbocycles. The number of rotatable bonds is 2. The molecule has 2 amide bonds. The van der Waals surface area contributed by atoms with E-state index in [1.165, 1.54) is 6.07 Å². The quantitative estimate of drug-likeness (QED) is 0.694. The second-order valence-corrected chi connectivity index (χ2v) is 6.77. The molecule has 1 aliphatic heterocycles. The number of aryl methyl sites for hydroxylation is 2. The number of nitrogens with zero attached hydrogens (tertiary/aromatic N) is 3. The van der Waals surface area contributed by atoms with Crippen LogP contribution in [0.5, 0.6) is 0 Å². The zero-order chi connectivity index (χ0) is 19.0. The Bertz CT molecular complexity index is 1060. The van der Waals surface area contributed by atoms with Gasteiger partial charge in [0.25, 0.3) is 0 Å². The van der Waals surface area contributed by atoms with Gasteiger partial charge in [-0.1, -0.05) is 5.16 Å². The van der Waals surface area contributed by atoms with Crippen LogP contribution in [-0.2, 0) is 0 Å². The van der Waals surface area contributed by atoms with Crippen LogP contribution in [0.15, 0.2) is 38.0 Å². The van der Waals surface area contributed by atoms with Crippen molar-refractivity contribution in [3.05, 3.63) is 52.0 Å². The minimum Gasteiger partial charge on any atom is -0.423 e. The number of amides is 2. The van der Waals surface area contributed by atoms with E-state index < -0.39 is 5.63 Å². The number of fused-ring (bicyclic) bond motifs is 1. The van der Waals surface area contributed by atoms with Gasteiger partial charge in [-0.05, 0) is 50.8 Å². The van der Waals surface area contributed by atoms with Crippen molar-refractivity contribution in [3.8, 4) is 0 Å². The van der Waals surface area contributed by atoms with E-state index in [0.717, 1.165) is 30.2 Å². The lowest BCUT2D eigenvalue weighted by molar-refractivity contribution is 0.142. The summed E-state index contributed by atoms with van der Waals surface area (Å²) in [4.78, 5) is 30.5. The van der Waals surface area contributed by atoms with Crippen LogP contribution in [-0.4, -0.2) is 27.6 Å². The fraction of sp³-hybridized carbons (Fsp3) is 0.368. The first-order valence-corrected chi connectivity index (χ1v) is 8.93. The normalized spacial score (nSPS) is 17.3. The lowest BCUT2D eigenvalue weighted by atomic mass is 10.0. The molecule has 0 bridgehead atoms. The van der Waals surface area contributed by atoms with Crippen LogP contribution >= 0.6 is 0 Å². The van der Waals surface area contributed by atoms with E-state index in [-0.39, 0.29) is 12.1 Å². The molecule has 1 saturated heterocycles. The number of benzene rings is 1. The number of anilines is 1. The molecule has 3 aromatic rings. The van der Waals surface area contributed by atoms with Gasteiger partial charge < -0.3 is 19.2 Å². The molecule has 1 unspecified atom stereocenters. The number of urea groups is 1. The van der Waals surface area contributed by atoms with E-state index in [0.29, 0.717) is 29.5 Å². The van der Waals surface area contributed by atoms with Gasteiger partial charge in [0.05, 0.1) is 0 Å². The van der Waals surface area contributed by atoms with Crippen molar-refractivity contribution in [1.29, 1.82) is 0 Å². The second-order valence-electron chi connectivity index (χ2n) is 6.77. The minimum atomic E-state index is -0.411. The molecule has 0 saturated carbocycles. The largest absolute Gasteiger partial charge is 0.423 e. The summed E-state index contributed by atoms with van der Waals surface area (Å²) in [6.07, 6.45) is 2.69. The molecule has 1 aliphatic rings. The number of aromatic nitrogens is 2. The molecule has 3 heterocycles. The van der Waals surface area contributed by atoms with Crippen LogP contribution < -0.4 is 10.9 Å². The minimum absolute atomic E-state index is 0.236. The van der Waals surface area contributed by atoms with Gasteiger partial charge in [0.15, 0.2) is 5.82 Å². The maximum absolute atomic E-state index is 12.9. The molecule has 8 heteroatoms. The van der Waals surface area contributed by atoms with E-state index >= 15 is 0 Å². The summed E-state index contributed by atoms with van der Waals surface area (Å²) in [5.41, 5.74) is 1.43. The first-order valence-electron chi connectivity index (χ1n) is 8.93. The van der Waals surface area contributed by atoms with Gasteiger partial charge >= 0.3 is 11.7 Å². The highest BCUT2D eigenvalue weighted by atomic mass is 16.5. The molecular weight excluding hydrogens is 348 g/mol. The van der Waals surface area contributed by atoms with E-state index in [1.54, 1.807) is 24.0 Å². The summed E-state index contributed by atoms with van der Waals surface area (Å²) in [6, 6.07) is 6.26. The average molecular weight is 368 g/mol. The van der Waals surface area contributed by atoms with Gasteiger partial charge in [-0.3, -0.25) is 0 Å². The van der Waals surface area contributed by atoms with Crippen LogP contribution in [0.3, 0.4) is 0 Å². The third kappa shape index (κ3) is 3.42. The maximum Gasteiger partial charge on any atom is 0.336 e. The van der Waals surface area contributed by atoms with Crippen molar-refractivity contribution in [2.24, 2.45) is 0 Å². The standard InChI is InChI=1S/C19H20N4O4/c1-11-9-17(24)26-16-10-13(6-7-14(11)16)21-19(25)23-8-4-3-5-15(23)18-20-12(2)22-27-18/h6-7,9-10,15H,3-5,8H2,1-2H3,(H,21,25). The molecule has 27 heavy (non-hydrogen) atoms.